The van der Waals surface area contributed by atoms with Gasteiger partial charge in [-0.2, -0.15) is 4.98 Å². The number of hydrogen-bond donors (Lipinski definition) is 2. The summed E-state index contributed by atoms with van der Waals surface area (Å²) >= 11 is 5.83. The Hall–Kier alpha value is -1.20. The van der Waals surface area contributed by atoms with Gasteiger partial charge >= 0.3 is 0 Å². The standard InChI is InChI=1S/C9H12ClN3O2/c1-12-6-2-7(10)13-9-8(6)14-4-5(3-11)15-9/h2,5H,3-4,11H2,1H3,(H,12,13)/t5-/m0/s1. The lowest BCUT2D eigenvalue weighted by molar-refractivity contribution is 0.0915. The smallest absolute Gasteiger partial charge is 0.261 e. The summed E-state index contributed by atoms with van der Waals surface area (Å²) in [7, 11) is 1.78. The Kier molecular flexibility index (Phi) is 2.83. The first kappa shape index (κ1) is 10.3. The van der Waals surface area contributed by atoms with Gasteiger partial charge in [0.2, 0.25) is 5.75 Å². The largest absolute Gasteiger partial charge is 0.482 e. The van der Waals surface area contributed by atoms with Crippen LogP contribution in [0, 0.1) is 0 Å². The number of halogens is 1. The zero-order chi connectivity index (χ0) is 10.8. The van der Waals surface area contributed by atoms with Gasteiger partial charge in [0.05, 0.1) is 5.69 Å². The molecule has 0 aliphatic carbocycles. The molecule has 0 fully saturated rings. The first-order valence-electron chi connectivity index (χ1n) is 4.62. The molecule has 1 aliphatic heterocycles. The normalized spacial score (nSPS) is 18.7. The third-order valence-electron chi connectivity index (χ3n) is 2.13. The van der Waals surface area contributed by atoms with Gasteiger partial charge in [0.25, 0.3) is 5.88 Å². The van der Waals surface area contributed by atoms with Crippen LogP contribution in [0.2, 0.25) is 5.15 Å². The third kappa shape index (κ3) is 1.93. The van der Waals surface area contributed by atoms with Crippen molar-refractivity contribution in [1.29, 1.82) is 0 Å². The van der Waals surface area contributed by atoms with Crippen LogP contribution >= 0.6 is 11.6 Å². The van der Waals surface area contributed by atoms with E-state index in [0.29, 0.717) is 29.9 Å². The molecule has 0 amide bonds. The second kappa shape index (κ2) is 4.12. The molecule has 5 nitrogen and oxygen atoms in total. The topological polar surface area (TPSA) is 69.4 Å². The summed E-state index contributed by atoms with van der Waals surface area (Å²) in [6.45, 7) is 0.823. The lowest BCUT2D eigenvalue weighted by Crippen LogP contribution is -2.36. The molecule has 2 rings (SSSR count). The molecule has 2 heterocycles. The molecule has 0 spiro atoms. The summed E-state index contributed by atoms with van der Waals surface area (Å²) in [5.41, 5.74) is 6.25. The predicted molar refractivity (Wildman–Crippen MR) is 57.8 cm³/mol. The maximum absolute atomic E-state index is 5.83. The van der Waals surface area contributed by atoms with E-state index >= 15 is 0 Å². The van der Waals surface area contributed by atoms with Crippen LogP contribution in [0.1, 0.15) is 0 Å². The summed E-state index contributed by atoms with van der Waals surface area (Å²) in [6.07, 6.45) is -0.159. The van der Waals surface area contributed by atoms with Crippen molar-refractivity contribution >= 4 is 17.3 Å². The van der Waals surface area contributed by atoms with Crippen LogP contribution in [0.5, 0.6) is 11.6 Å². The second-order valence-corrected chi connectivity index (χ2v) is 3.55. The lowest BCUT2D eigenvalue weighted by Gasteiger charge is -2.26. The molecular formula is C9H12ClN3O2. The number of aromatic nitrogens is 1. The number of pyridine rings is 1. The van der Waals surface area contributed by atoms with E-state index in [1.807, 2.05) is 0 Å². The fraction of sp³-hybridized carbons (Fsp3) is 0.444. The highest BCUT2D eigenvalue weighted by Crippen LogP contribution is 2.38. The van der Waals surface area contributed by atoms with E-state index in [9.17, 15) is 0 Å². The number of nitrogens with two attached hydrogens (primary N) is 1. The van der Waals surface area contributed by atoms with E-state index in [2.05, 4.69) is 10.3 Å². The van der Waals surface area contributed by atoms with Crippen molar-refractivity contribution in [3.8, 4) is 11.6 Å². The molecule has 1 atom stereocenters. The maximum atomic E-state index is 5.83. The van der Waals surface area contributed by atoms with E-state index in [-0.39, 0.29) is 6.10 Å². The van der Waals surface area contributed by atoms with Crippen molar-refractivity contribution in [3.05, 3.63) is 11.2 Å². The molecule has 0 saturated heterocycles. The third-order valence-corrected chi connectivity index (χ3v) is 2.33. The summed E-state index contributed by atoms with van der Waals surface area (Å²) in [6, 6.07) is 1.69. The van der Waals surface area contributed by atoms with E-state index in [0.717, 1.165) is 5.69 Å². The van der Waals surface area contributed by atoms with Crippen LogP contribution in [0.3, 0.4) is 0 Å². The van der Waals surface area contributed by atoms with Crippen LogP contribution in [-0.2, 0) is 0 Å². The molecule has 1 aromatic rings. The van der Waals surface area contributed by atoms with Gasteiger partial charge < -0.3 is 20.5 Å². The summed E-state index contributed by atoms with van der Waals surface area (Å²) in [5, 5.41) is 3.33. The zero-order valence-corrected chi connectivity index (χ0v) is 9.04. The minimum absolute atomic E-state index is 0.159. The van der Waals surface area contributed by atoms with Gasteiger partial charge in [-0.1, -0.05) is 11.6 Å². The molecule has 0 unspecified atom stereocenters. The average molecular weight is 230 g/mol. The van der Waals surface area contributed by atoms with Crippen LogP contribution in [0.25, 0.3) is 0 Å². The molecule has 1 aliphatic rings. The second-order valence-electron chi connectivity index (χ2n) is 3.16. The molecule has 15 heavy (non-hydrogen) atoms. The van der Waals surface area contributed by atoms with Crippen molar-refractivity contribution < 1.29 is 9.47 Å². The highest BCUT2D eigenvalue weighted by Gasteiger charge is 2.24. The van der Waals surface area contributed by atoms with Gasteiger partial charge in [0.15, 0.2) is 0 Å². The molecule has 1 aromatic heterocycles. The predicted octanol–water partition coefficient (Wildman–Crippen LogP) is 0.875. The van der Waals surface area contributed by atoms with Gasteiger partial charge in [0, 0.05) is 19.7 Å². The van der Waals surface area contributed by atoms with Crippen LogP contribution in [-0.4, -0.2) is 31.3 Å². The molecule has 0 saturated carbocycles. The minimum Gasteiger partial charge on any atom is -0.482 e. The van der Waals surface area contributed by atoms with Gasteiger partial charge in [-0.05, 0) is 0 Å². The van der Waals surface area contributed by atoms with E-state index in [1.165, 1.54) is 0 Å². The highest BCUT2D eigenvalue weighted by atomic mass is 35.5. The average Bonchev–Trinajstić information content (AvgIpc) is 2.26. The Labute approximate surface area is 92.5 Å². The minimum atomic E-state index is -0.159. The summed E-state index contributed by atoms with van der Waals surface area (Å²) in [4.78, 5) is 4.04. The Morgan fingerprint density at radius 3 is 3.20 bits per heavy atom. The van der Waals surface area contributed by atoms with Crippen LogP contribution < -0.4 is 20.5 Å². The quantitative estimate of drug-likeness (QED) is 0.737. The van der Waals surface area contributed by atoms with Gasteiger partial charge in [-0.3, -0.25) is 0 Å². The zero-order valence-electron chi connectivity index (χ0n) is 8.29. The van der Waals surface area contributed by atoms with Gasteiger partial charge in [-0.25, -0.2) is 0 Å². The number of ether oxygens (including phenoxy) is 2. The Morgan fingerprint density at radius 2 is 2.53 bits per heavy atom. The SMILES string of the molecule is CNc1cc(Cl)nc2c1OC[C@H](CN)O2. The number of nitrogens with zero attached hydrogens (tertiary/aromatic N) is 1. The maximum Gasteiger partial charge on any atom is 0.261 e. The fourth-order valence-electron chi connectivity index (χ4n) is 1.37. The molecule has 0 bridgehead atoms. The molecule has 0 aromatic carbocycles. The van der Waals surface area contributed by atoms with E-state index < -0.39 is 0 Å². The molecule has 82 valence electrons. The molecule has 3 N–H and O–H groups in total. The Morgan fingerprint density at radius 1 is 1.73 bits per heavy atom. The van der Waals surface area contributed by atoms with Crippen molar-refractivity contribution in [2.45, 2.75) is 6.10 Å². The first-order chi connectivity index (χ1) is 7.24. The lowest BCUT2D eigenvalue weighted by atomic mass is 10.3. The van der Waals surface area contributed by atoms with Gasteiger partial charge in [-0.15, -0.1) is 0 Å². The Bertz CT molecular complexity index is 373. The van der Waals surface area contributed by atoms with Crippen LogP contribution in [0.15, 0.2) is 6.07 Å². The summed E-state index contributed by atoms with van der Waals surface area (Å²) in [5.74, 6) is 0.986. The number of fused-ring (bicyclic) bond motifs is 1. The highest BCUT2D eigenvalue weighted by molar-refractivity contribution is 6.29. The van der Waals surface area contributed by atoms with E-state index in [1.54, 1.807) is 13.1 Å². The first-order valence-corrected chi connectivity index (χ1v) is 5.00. The van der Waals surface area contributed by atoms with Crippen molar-refractivity contribution in [2.75, 3.05) is 25.5 Å². The molecule has 6 heteroatoms. The fourth-order valence-corrected chi connectivity index (χ4v) is 1.56. The number of rotatable bonds is 2. The molecule has 0 radical (unpaired) electrons. The number of anilines is 1. The number of nitrogens with one attached hydrogen (secondary N) is 1. The monoisotopic (exact) mass is 229 g/mol. The van der Waals surface area contributed by atoms with Gasteiger partial charge in [0.1, 0.15) is 17.9 Å². The van der Waals surface area contributed by atoms with Crippen molar-refractivity contribution in [3.63, 3.8) is 0 Å². The summed E-state index contributed by atoms with van der Waals surface area (Å²) < 4.78 is 11.0. The Balaban J connectivity index is 2.38. The van der Waals surface area contributed by atoms with Crippen molar-refractivity contribution in [1.82, 2.24) is 4.98 Å². The van der Waals surface area contributed by atoms with Crippen LogP contribution in [0.4, 0.5) is 5.69 Å². The van der Waals surface area contributed by atoms with Crippen molar-refractivity contribution in [2.24, 2.45) is 5.73 Å². The van der Waals surface area contributed by atoms with E-state index in [4.69, 9.17) is 26.8 Å². The molecular weight excluding hydrogens is 218 g/mol. The number of hydrogen-bond acceptors (Lipinski definition) is 5.